The SMILES string of the molecule is CC(=O)N1CCN(C(=O)C[C@@H]2CSC(C3Cc4cc(F)cc(NC5CCCC5)c4N3)=N2)CC1. The van der Waals surface area contributed by atoms with Gasteiger partial charge >= 0.3 is 0 Å². The summed E-state index contributed by atoms with van der Waals surface area (Å²) in [5.74, 6) is 0.771. The first-order valence-electron chi connectivity index (χ1n) is 12.1. The van der Waals surface area contributed by atoms with Crippen molar-refractivity contribution >= 4 is 40.0 Å². The molecule has 9 heteroatoms. The van der Waals surface area contributed by atoms with Gasteiger partial charge in [-0.05, 0) is 30.5 Å². The lowest BCUT2D eigenvalue weighted by molar-refractivity contribution is -0.138. The molecule has 3 aliphatic heterocycles. The minimum Gasteiger partial charge on any atom is -0.381 e. The number of amides is 2. The van der Waals surface area contributed by atoms with Crippen molar-refractivity contribution in [1.29, 1.82) is 0 Å². The van der Waals surface area contributed by atoms with E-state index in [9.17, 15) is 14.0 Å². The smallest absolute Gasteiger partial charge is 0.224 e. The van der Waals surface area contributed by atoms with Gasteiger partial charge in [0.2, 0.25) is 11.8 Å². The standard InChI is InChI=1S/C24H32FN5O2S/c1-15(31)29-6-8-30(9-7-29)22(32)13-19-14-33-24(27-19)21-11-16-10-17(25)12-20(23(16)28-21)26-18-4-2-3-5-18/h10,12,18-19,21,26,28H,2-9,11,13-14H2,1H3/t19-,21?/m1/s1. The molecule has 33 heavy (non-hydrogen) atoms. The van der Waals surface area contributed by atoms with Crippen molar-refractivity contribution in [3.8, 4) is 0 Å². The van der Waals surface area contributed by atoms with Crippen LogP contribution in [0.4, 0.5) is 15.8 Å². The van der Waals surface area contributed by atoms with Crippen molar-refractivity contribution in [3.05, 3.63) is 23.5 Å². The van der Waals surface area contributed by atoms with E-state index in [1.54, 1.807) is 35.7 Å². The Morgan fingerprint density at radius 1 is 1.18 bits per heavy atom. The normalized spacial score (nSPS) is 25.1. The summed E-state index contributed by atoms with van der Waals surface area (Å²) in [4.78, 5) is 32.8. The van der Waals surface area contributed by atoms with Gasteiger partial charge in [-0.1, -0.05) is 12.8 Å². The van der Waals surface area contributed by atoms with Crippen molar-refractivity contribution in [1.82, 2.24) is 9.80 Å². The Labute approximate surface area is 198 Å². The third-order valence-electron chi connectivity index (χ3n) is 7.16. The molecule has 1 aliphatic carbocycles. The molecule has 178 valence electrons. The highest BCUT2D eigenvalue weighted by atomic mass is 32.2. The Balaban J connectivity index is 1.19. The molecule has 0 bridgehead atoms. The number of benzene rings is 1. The first-order valence-corrected chi connectivity index (χ1v) is 13.0. The number of rotatable bonds is 5. The maximum absolute atomic E-state index is 14.3. The number of fused-ring (bicyclic) bond motifs is 1. The topological polar surface area (TPSA) is 77.0 Å². The van der Waals surface area contributed by atoms with Crippen LogP contribution in [0.5, 0.6) is 0 Å². The van der Waals surface area contributed by atoms with Gasteiger partial charge in [0.05, 0.1) is 34.9 Å². The zero-order chi connectivity index (χ0) is 22.9. The molecule has 0 spiro atoms. The molecule has 4 aliphatic rings. The third kappa shape index (κ3) is 4.98. The van der Waals surface area contributed by atoms with E-state index in [1.807, 2.05) is 4.90 Å². The van der Waals surface area contributed by atoms with Gasteiger partial charge < -0.3 is 20.4 Å². The van der Waals surface area contributed by atoms with Crippen LogP contribution in [0.3, 0.4) is 0 Å². The van der Waals surface area contributed by atoms with Crippen molar-refractivity contribution in [3.63, 3.8) is 0 Å². The average molecular weight is 474 g/mol. The number of piperazine rings is 1. The summed E-state index contributed by atoms with van der Waals surface area (Å²) in [6, 6.07) is 3.66. The zero-order valence-electron chi connectivity index (χ0n) is 19.1. The molecule has 1 saturated carbocycles. The summed E-state index contributed by atoms with van der Waals surface area (Å²) in [7, 11) is 0. The van der Waals surface area contributed by atoms with Crippen LogP contribution >= 0.6 is 11.8 Å². The van der Waals surface area contributed by atoms with Gasteiger partial charge in [-0.25, -0.2) is 4.39 Å². The van der Waals surface area contributed by atoms with Crippen LogP contribution in [0.1, 0.15) is 44.6 Å². The van der Waals surface area contributed by atoms with E-state index >= 15 is 0 Å². The van der Waals surface area contributed by atoms with Crippen LogP contribution in [0.2, 0.25) is 0 Å². The molecule has 2 N–H and O–H groups in total. The molecule has 5 rings (SSSR count). The fraction of sp³-hybridized carbons (Fsp3) is 0.625. The lowest BCUT2D eigenvalue weighted by Gasteiger charge is -2.34. The Kier molecular flexibility index (Phi) is 6.49. The van der Waals surface area contributed by atoms with Crippen LogP contribution in [-0.2, 0) is 16.0 Å². The van der Waals surface area contributed by atoms with Gasteiger partial charge in [-0.15, -0.1) is 11.8 Å². The zero-order valence-corrected chi connectivity index (χ0v) is 19.9. The van der Waals surface area contributed by atoms with Gasteiger partial charge in [0.25, 0.3) is 0 Å². The number of thioether (sulfide) groups is 1. The molecule has 2 fully saturated rings. The largest absolute Gasteiger partial charge is 0.381 e. The number of aliphatic imine (C=N–C) groups is 1. The second kappa shape index (κ2) is 9.52. The number of halogens is 1. The molecule has 7 nitrogen and oxygen atoms in total. The summed E-state index contributed by atoms with van der Waals surface area (Å²) in [5.41, 5.74) is 2.85. The summed E-state index contributed by atoms with van der Waals surface area (Å²) in [6.07, 6.45) is 5.84. The number of hydrogen-bond acceptors (Lipinski definition) is 6. The Morgan fingerprint density at radius 2 is 1.91 bits per heavy atom. The monoisotopic (exact) mass is 473 g/mol. The number of carbonyl (C=O) groups is 2. The highest BCUT2D eigenvalue weighted by Gasteiger charge is 2.33. The molecular weight excluding hydrogens is 441 g/mol. The molecule has 1 unspecified atom stereocenters. The fourth-order valence-electron chi connectivity index (χ4n) is 5.33. The van der Waals surface area contributed by atoms with Crippen LogP contribution < -0.4 is 10.6 Å². The summed E-state index contributed by atoms with van der Waals surface area (Å²) < 4.78 is 14.3. The van der Waals surface area contributed by atoms with Gasteiger partial charge in [0.15, 0.2) is 0 Å². The molecule has 0 radical (unpaired) electrons. The Bertz CT molecular complexity index is 956. The predicted molar refractivity (Wildman–Crippen MR) is 131 cm³/mol. The quantitative estimate of drug-likeness (QED) is 0.687. The summed E-state index contributed by atoms with van der Waals surface area (Å²) in [5, 5.41) is 8.15. The van der Waals surface area contributed by atoms with Crippen LogP contribution in [-0.4, -0.2) is 76.7 Å². The lowest BCUT2D eigenvalue weighted by Crippen LogP contribution is -2.50. The second-order valence-corrected chi connectivity index (χ2v) is 10.6. The number of carbonyl (C=O) groups excluding carboxylic acids is 2. The van der Waals surface area contributed by atoms with Crippen molar-refractivity contribution in [2.45, 2.75) is 63.6 Å². The maximum atomic E-state index is 14.3. The number of anilines is 2. The van der Waals surface area contributed by atoms with Crippen molar-refractivity contribution in [2.75, 3.05) is 42.6 Å². The number of hydrogen-bond donors (Lipinski definition) is 2. The van der Waals surface area contributed by atoms with E-state index in [0.29, 0.717) is 45.1 Å². The Hall–Kier alpha value is -2.29. The minimum absolute atomic E-state index is 0.0262. The first-order chi connectivity index (χ1) is 16.0. The van der Waals surface area contributed by atoms with Crippen LogP contribution in [0.15, 0.2) is 17.1 Å². The van der Waals surface area contributed by atoms with Gasteiger partial charge in [-0.2, -0.15) is 0 Å². The van der Waals surface area contributed by atoms with Gasteiger partial charge in [-0.3, -0.25) is 14.6 Å². The van der Waals surface area contributed by atoms with E-state index in [-0.39, 0.29) is 29.7 Å². The highest BCUT2D eigenvalue weighted by molar-refractivity contribution is 8.14. The molecule has 1 aromatic rings. The van der Waals surface area contributed by atoms with E-state index in [0.717, 1.165) is 40.6 Å². The number of nitrogens with zero attached hydrogens (tertiary/aromatic N) is 3. The Morgan fingerprint density at radius 3 is 2.64 bits per heavy atom. The predicted octanol–water partition coefficient (Wildman–Crippen LogP) is 3.11. The highest BCUT2D eigenvalue weighted by Crippen LogP contribution is 2.38. The molecule has 1 saturated heterocycles. The second-order valence-electron chi connectivity index (χ2n) is 9.54. The maximum Gasteiger partial charge on any atom is 0.224 e. The molecular formula is C24H32FN5O2S. The molecule has 2 amide bonds. The van der Waals surface area contributed by atoms with E-state index in [4.69, 9.17) is 4.99 Å². The average Bonchev–Trinajstić information content (AvgIpc) is 3.54. The first kappa shape index (κ1) is 22.5. The fourth-order valence-corrected chi connectivity index (χ4v) is 6.45. The van der Waals surface area contributed by atoms with E-state index in [1.165, 1.54) is 12.8 Å². The van der Waals surface area contributed by atoms with Crippen LogP contribution in [0, 0.1) is 5.82 Å². The van der Waals surface area contributed by atoms with Gasteiger partial charge in [0, 0.05) is 51.3 Å². The summed E-state index contributed by atoms with van der Waals surface area (Å²) >= 11 is 1.70. The third-order valence-corrected chi connectivity index (χ3v) is 8.40. The van der Waals surface area contributed by atoms with Crippen molar-refractivity contribution < 1.29 is 14.0 Å². The molecule has 1 aromatic carbocycles. The van der Waals surface area contributed by atoms with Gasteiger partial charge in [0.1, 0.15) is 5.82 Å². The lowest BCUT2D eigenvalue weighted by atomic mass is 10.1. The van der Waals surface area contributed by atoms with Crippen LogP contribution in [0.25, 0.3) is 0 Å². The van der Waals surface area contributed by atoms with Crippen molar-refractivity contribution in [2.24, 2.45) is 4.99 Å². The molecule has 0 aromatic heterocycles. The van der Waals surface area contributed by atoms with E-state index < -0.39 is 0 Å². The molecule has 3 heterocycles. The number of nitrogens with one attached hydrogen (secondary N) is 2. The molecule has 2 atom stereocenters. The minimum atomic E-state index is -0.203. The van der Waals surface area contributed by atoms with E-state index in [2.05, 4.69) is 10.6 Å². The summed E-state index contributed by atoms with van der Waals surface area (Å²) in [6.45, 7) is 3.97.